The van der Waals surface area contributed by atoms with Crippen LogP contribution in [0, 0.1) is 0 Å². The van der Waals surface area contributed by atoms with Gasteiger partial charge in [0.15, 0.2) is 0 Å². The first-order chi connectivity index (χ1) is 9.52. The highest BCUT2D eigenvalue weighted by Crippen LogP contribution is 2.32. The average Bonchev–Trinajstić information content (AvgIpc) is 2.45. The van der Waals surface area contributed by atoms with Gasteiger partial charge in [-0.05, 0) is 37.6 Å². The van der Waals surface area contributed by atoms with Crippen LogP contribution in [0.4, 0.5) is 13.2 Å². The van der Waals surface area contributed by atoms with Crippen molar-refractivity contribution in [3.05, 3.63) is 35.4 Å². The monoisotopic (exact) mass is 286 g/mol. The van der Waals surface area contributed by atoms with Gasteiger partial charge < -0.3 is 5.32 Å². The van der Waals surface area contributed by atoms with Gasteiger partial charge in [-0.15, -0.1) is 0 Å². The van der Waals surface area contributed by atoms with E-state index in [1.165, 1.54) is 12.1 Å². The zero-order chi connectivity index (χ0) is 14.6. The summed E-state index contributed by atoms with van der Waals surface area (Å²) in [5.74, 6) is 0. The van der Waals surface area contributed by atoms with Crippen molar-refractivity contribution in [1.29, 1.82) is 0 Å². The van der Waals surface area contributed by atoms with Crippen LogP contribution in [-0.4, -0.2) is 30.6 Å². The van der Waals surface area contributed by atoms with E-state index in [0.29, 0.717) is 18.2 Å². The van der Waals surface area contributed by atoms with Crippen molar-refractivity contribution < 1.29 is 13.2 Å². The second kappa shape index (κ2) is 6.59. The molecule has 2 rings (SSSR count). The maximum atomic E-state index is 13.0. The summed E-state index contributed by atoms with van der Waals surface area (Å²) in [6.45, 7) is 5.00. The molecule has 1 atom stereocenters. The first-order valence-corrected chi connectivity index (χ1v) is 7.12. The maximum Gasteiger partial charge on any atom is 0.416 e. The van der Waals surface area contributed by atoms with E-state index in [1.54, 1.807) is 12.1 Å². The summed E-state index contributed by atoms with van der Waals surface area (Å²) in [5, 5.41) is 3.32. The Morgan fingerprint density at radius 1 is 1.30 bits per heavy atom. The van der Waals surface area contributed by atoms with Crippen LogP contribution in [0.3, 0.4) is 0 Å². The number of nitrogens with one attached hydrogen (secondary N) is 1. The molecule has 1 fully saturated rings. The maximum absolute atomic E-state index is 13.0. The SMILES string of the molecule is CCN(Cc1ccccc1C(F)(F)F)C1CCCNC1. The van der Waals surface area contributed by atoms with E-state index in [1.807, 2.05) is 6.92 Å². The fourth-order valence-electron chi connectivity index (χ4n) is 2.80. The Morgan fingerprint density at radius 2 is 2.05 bits per heavy atom. The molecule has 0 saturated carbocycles. The van der Waals surface area contributed by atoms with E-state index >= 15 is 0 Å². The van der Waals surface area contributed by atoms with Crippen molar-refractivity contribution in [2.24, 2.45) is 0 Å². The Bertz CT molecular complexity index is 425. The Balaban J connectivity index is 2.15. The Morgan fingerprint density at radius 3 is 2.65 bits per heavy atom. The molecule has 0 spiro atoms. The van der Waals surface area contributed by atoms with Gasteiger partial charge in [-0.1, -0.05) is 25.1 Å². The number of benzene rings is 1. The second-order valence-electron chi connectivity index (χ2n) is 5.22. The highest BCUT2D eigenvalue weighted by molar-refractivity contribution is 5.29. The molecule has 1 aromatic carbocycles. The van der Waals surface area contributed by atoms with E-state index in [-0.39, 0.29) is 0 Å². The predicted molar refractivity (Wildman–Crippen MR) is 73.4 cm³/mol. The lowest BCUT2D eigenvalue weighted by molar-refractivity contribution is -0.138. The molecule has 0 aromatic heterocycles. The molecule has 1 heterocycles. The van der Waals surface area contributed by atoms with E-state index in [0.717, 1.165) is 32.5 Å². The van der Waals surface area contributed by atoms with Gasteiger partial charge in [-0.3, -0.25) is 4.90 Å². The quantitative estimate of drug-likeness (QED) is 0.914. The lowest BCUT2D eigenvalue weighted by Gasteiger charge is -2.34. The van der Waals surface area contributed by atoms with Gasteiger partial charge in [-0.25, -0.2) is 0 Å². The molecule has 1 saturated heterocycles. The van der Waals surface area contributed by atoms with E-state index < -0.39 is 11.7 Å². The zero-order valence-electron chi connectivity index (χ0n) is 11.7. The van der Waals surface area contributed by atoms with Gasteiger partial charge in [-0.2, -0.15) is 13.2 Å². The fraction of sp³-hybridized carbons (Fsp3) is 0.600. The van der Waals surface area contributed by atoms with Crippen LogP contribution in [0.2, 0.25) is 0 Å². The normalized spacial score (nSPS) is 20.4. The topological polar surface area (TPSA) is 15.3 Å². The third-order valence-corrected chi connectivity index (χ3v) is 3.89. The summed E-state index contributed by atoms with van der Waals surface area (Å²) in [6.07, 6.45) is -2.14. The van der Waals surface area contributed by atoms with E-state index in [4.69, 9.17) is 0 Å². The molecular weight excluding hydrogens is 265 g/mol. The predicted octanol–water partition coefficient (Wildman–Crippen LogP) is 3.28. The minimum Gasteiger partial charge on any atom is -0.315 e. The van der Waals surface area contributed by atoms with Crippen LogP contribution >= 0.6 is 0 Å². The number of nitrogens with zero attached hydrogens (tertiary/aromatic N) is 1. The molecule has 1 unspecified atom stereocenters. The van der Waals surface area contributed by atoms with Crippen molar-refractivity contribution in [1.82, 2.24) is 10.2 Å². The molecule has 20 heavy (non-hydrogen) atoms. The molecule has 1 aliphatic rings. The second-order valence-corrected chi connectivity index (χ2v) is 5.22. The minimum absolute atomic E-state index is 0.329. The number of hydrogen-bond acceptors (Lipinski definition) is 2. The first kappa shape index (κ1) is 15.3. The van der Waals surface area contributed by atoms with Gasteiger partial charge in [0.1, 0.15) is 0 Å². The molecular formula is C15H21F3N2. The highest BCUT2D eigenvalue weighted by Gasteiger charge is 2.33. The van der Waals surface area contributed by atoms with Gasteiger partial charge in [0.2, 0.25) is 0 Å². The zero-order valence-corrected chi connectivity index (χ0v) is 11.7. The summed E-state index contributed by atoms with van der Waals surface area (Å²) in [7, 11) is 0. The highest BCUT2D eigenvalue weighted by atomic mass is 19.4. The third kappa shape index (κ3) is 3.73. The number of rotatable bonds is 4. The number of alkyl halides is 3. The lowest BCUT2D eigenvalue weighted by atomic mass is 10.0. The number of halogens is 3. The van der Waals surface area contributed by atoms with Gasteiger partial charge in [0.25, 0.3) is 0 Å². The summed E-state index contributed by atoms with van der Waals surface area (Å²) in [4.78, 5) is 2.14. The van der Waals surface area contributed by atoms with Gasteiger partial charge >= 0.3 is 6.18 Å². The molecule has 1 aromatic rings. The number of piperidine rings is 1. The molecule has 112 valence electrons. The van der Waals surface area contributed by atoms with Gasteiger partial charge in [0.05, 0.1) is 5.56 Å². The van der Waals surface area contributed by atoms with Crippen LogP contribution < -0.4 is 5.32 Å². The van der Waals surface area contributed by atoms with Crippen molar-refractivity contribution in [2.75, 3.05) is 19.6 Å². The van der Waals surface area contributed by atoms with E-state index in [9.17, 15) is 13.2 Å². The largest absolute Gasteiger partial charge is 0.416 e. The van der Waals surface area contributed by atoms with Crippen LogP contribution in [0.25, 0.3) is 0 Å². The summed E-state index contributed by atoms with van der Waals surface area (Å²) in [6, 6.07) is 6.21. The first-order valence-electron chi connectivity index (χ1n) is 7.12. The average molecular weight is 286 g/mol. The molecule has 5 heteroatoms. The molecule has 2 nitrogen and oxygen atoms in total. The molecule has 1 aliphatic heterocycles. The van der Waals surface area contributed by atoms with Gasteiger partial charge in [0, 0.05) is 19.1 Å². The standard InChI is InChI=1S/C15H21F3N2/c1-2-20(13-7-5-9-19-10-13)11-12-6-3-4-8-14(12)15(16,17)18/h3-4,6,8,13,19H,2,5,7,9-11H2,1H3. The molecule has 0 bridgehead atoms. The Labute approximate surface area is 118 Å². The van der Waals surface area contributed by atoms with Crippen molar-refractivity contribution in [3.63, 3.8) is 0 Å². The van der Waals surface area contributed by atoms with Crippen molar-refractivity contribution in [2.45, 2.75) is 38.5 Å². The smallest absolute Gasteiger partial charge is 0.315 e. The minimum atomic E-state index is -4.28. The summed E-state index contributed by atoms with van der Waals surface area (Å²) < 4.78 is 39.0. The molecule has 0 amide bonds. The summed E-state index contributed by atoms with van der Waals surface area (Å²) >= 11 is 0. The Hall–Kier alpha value is -1.07. The van der Waals surface area contributed by atoms with Crippen LogP contribution in [0.1, 0.15) is 30.9 Å². The molecule has 0 aliphatic carbocycles. The van der Waals surface area contributed by atoms with Crippen molar-refractivity contribution in [3.8, 4) is 0 Å². The fourth-order valence-corrected chi connectivity index (χ4v) is 2.80. The number of likely N-dealkylation sites (N-methyl/N-ethyl adjacent to an activating group) is 1. The third-order valence-electron chi connectivity index (χ3n) is 3.89. The number of hydrogen-bond donors (Lipinski definition) is 1. The Kier molecular flexibility index (Phi) is 5.05. The van der Waals surface area contributed by atoms with Crippen molar-refractivity contribution >= 4 is 0 Å². The van der Waals surface area contributed by atoms with Crippen LogP contribution in [-0.2, 0) is 12.7 Å². The molecule has 0 radical (unpaired) electrons. The van der Waals surface area contributed by atoms with Crippen LogP contribution in [0.15, 0.2) is 24.3 Å². The molecule has 1 N–H and O–H groups in total. The summed E-state index contributed by atoms with van der Waals surface area (Å²) in [5.41, 5.74) is -0.144. The lowest BCUT2D eigenvalue weighted by Crippen LogP contribution is -2.45. The van der Waals surface area contributed by atoms with Crippen LogP contribution in [0.5, 0.6) is 0 Å². The van der Waals surface area contributed by atoms with E-state index in [2.05, 4.69) is 10.2 Å².